The molecule has 1 fully saturated rings. The Bertz CT molecular complexity index is 982. The van der Waals surface area contributed by atoms with Crippen LogP contribution in [0.1, 0.15) is 29.2 Å². The number of carbonyl (C=O) groups is 2. The number of aromatic nitrogens is 3. The highest BCUT2D eigenvalue weighted by Gasteiger charge is 2.25. The first-order valence-corrected chi connectivity index (χ1v) is 10.0. The van der Waals surface area contributed by atoms with Gasteiger partial charge in [-0.25, -0.2) is 9.97 Å². The number of piperazine rings is 1. The Morgan fingerprint density at radius 1 is 0.933 bits per heavy atom. The predicted molar refractivity (Wildman–Crippen MR) is 109 cm³/mol. The summed E-state index contributed by atoms with van der Waals surface area (Å²) in [4.78, 5) is 40.7. The summed E-state index contributed by atoms with van der Waals surface area (Å²) in [5.74, 6) is 1.33. The number of rotatable bonds is 6. The van der Waals surface area contributed by atoms with Gasteiger partial charge in [0.1, 0.15) is 5.69 Å². The van der Waals surface area contributed by atoms with Gasteiger partial charge in [-0.1, -0.05) is 30.3 Å². The molecule has 3 heterocycles. The lowest BCUT2D eigenvalue weighted by atomic mass is 10.2. The smallest absolute Gasteiger partial charge is 0.274 e. The van der Waals surface area contributed by atoms with Crippen LogP contribution in [-0.4, -0.2) is 62.7 Å². The van der Waals surface area contributed by atoms with E-state index in [-0.39, 0.29) is 11.8 Å². The van der Waals surface area contributed by atoms with Crippen molar-refractivity contribution in [3.63, 3.8) is 0 Å². The normalized spacial score (nSPS) is 14.0. The van der Waals surface area contributed by atoms with Crippen molar-refractivity contribution in [2.45, 2.75) is 19.3 Å². The van der Waals surface area contributed by atoms with Gasteiger partial charge in [0.15, 0.2) is 11.7 Å². The van der Waals surface area contributed by atoms with Crippen LogP contribution in [0.4, 0.5) is 0 Å². The van der Waals surface area contributed by atoms with Crippen molar-refractivity contribution in [1.82, 2.24) is 24.8 Å². The quantitative estimate of drug-likeness (QED) is 0.625. The lowest BCUT2D eigenvalue weighted by molar-refractivity contribution is -0.132. The molecular weight excluding hydrogens is 382 g/mol. The molecular formula is C22H23N5O3. The molecule has 1 aliphatic rings. The third kappa shape index (κ3) is 4.71. The van der Waals surface area contributed by atoms with Crippen LogP contribution < -0.4 is 0 Å². The summed E-state index contributed by atoms with van der Waals surface area (Å²) < 4.78 is 5.79. The molecule has 0 spiro atoms. The van der Waals surface area contributed by atoms with E-state index in [9.17, 15) is 9.59 Å². The number of aryl methyl sites for hydroxylation is 1. The van der Waals surface area contributed by atoms with Crippen molar-refractivity contribution in [2.24, 2.45) is 0 Å². The first-order valence-electron chi connectivity index (χ1n) is 10.0. The zero-order valence-corrected chi connectivity index (χ0v) is 16.6. The average Bonchev–Trinajstić information content (AvgIpc) is 3.29. The Hall–Kier alpha value is -3.55. The van der Waals surface area contributed by atoms with Crippen molar-refractivity contribution in [3.8, 4) is 11.3 Å². The van der Waals surface area contributed by atoms with E-state index in [0.717, 1.165) is 11.3 Å². The van der Waals surface area contributed by atoms with Gasteiger partial charge in [-0.05, 0) is 6.42 Å². The van der Waals surface area contributed by atoms with E-state index >= 15 is 0 Å². The number of benzene rings is 1. The van der Waals surface area contributed by atoms with Crippen LogP contribution in [0.2, 0.25) is 0 Å². The van der Waals surface area contributed by atoms with Gasteiger partial charge in [0.05, 0.1) is 12.4 Å². The van der Waals surface area contributed by atoms with E-state index in [1.54, 1.807) is 11.1 Å². The Morgan fingerprint density at radius 2 is 1.70 bits per heavy atom. The average molecular weight is 405 g/mol. The SMILES string of the molecule is O=C(CCCc1ncc(-c2ccccc2)o1)N1CCN(C(=O)c2cnccn2)CC1. The highest BCUT2D eigenvalue weighted by molar-refractivity contribution is 5.92. The van der Waals surface area contributed by atoms with Crippen molar-refractivity contribution in [1.29, 1.82) is 0 Å². The largest absolute Gasteiger partial charge is 0.441 e. The van der Waals surface area contributed by atoms with Crippen LogP contribution in [-0.2, 0) is 11.2 Å². The molecule has 2 amide bonds. The molecule has 4 rings (SSSR count). The molecule has 0 N–H and O–H groups in total. The van der Waals surface area contributed by atoms with E-state index in [1.807, 2.05) is 35.2 Å². The molecule has 0 saturated carbocycles. The van der Waals surface area contributed by atoms with Crippen molar-refractivity contribution >= 4 is 11.8 Å². The second kappa shape index (κ2) is 9.30. The molecule has 154 valence electrons. The third-order valence-electron chi connectivity index (χ3n) is 5.10. The van der Waals surface area contributed by atoms with Crippen molar-refractivity contribution in [2.75, 3.05) is 26.2 Å². The van der Waals surface area contributed by atoms with Crippen molar-refractivity contribution in [3.05, 3.63) is 66.7 Å². The van der Waals surface area contributed by atoms with Gasteiger partial charge in [-0.3, -0.25) is 14.6 Å². The fraction of sp³-hybridized carbons (Fsp3) is 0.318. The number of hydrogen-bond acceptors (Lipinski definition) is 6. The van der Waals surface area contributed by atoms with Crippen LogP contribution in [0.3, 0.4) is 0 Å². The van der Waals surface area contributed by atoms with Crippen LogP contribution in [0.15, 0.2) is 59.5 Å². The Morgan fingerprint density at radius 3 is 2.43 bits per heavy atom. The van der Waals surface area contributed by atoms with Gasteiger partial charge < -0.3 is 14.2 Å². The number of amides is 2. The van der Waals surface area contributed by atoms with Gasteiger partial charge in [0, 0.05) is 57.0 Å². The standard InChI is InChI=1S/C22H23N5O3/c28-21(8-4-7-20-25-16-19(30-20)17-5-2-1-3-6-17)26-11-13-27(14-12-26)22(29)18-15-23-9-10-24-18/h1-3,5-6,9-10,15-16H,4,7-8,11-14H2. The van der Waals surface area contributed by atoms with Gasteiger partial charge in [0.25, 0.3) is 5.91 Å². The maximum atomic E-state index is 12.5. The molecule has 3 aromatic rings. The molecule has 2 aromatic heterocycles. The number of carbonyl (C=O) groups excluding carboxylic acids is 2. The van der Waals surface area contributed by atoms with E-state index in [2.05, 4.69) is 15.0 Å². The fourth-order valence-electron chi connectivity index (χ4n) is 3.44. The first-order chi connectivity index (χ1) is 14.7. The van der Waals surface area contributed by atoms with Crippen LogP contribution in [0, 0.1) is 0 Å². The highest BCUT2D eigenvalue weighted by atomic mass is 16.4. The topological polar surface area (TPSA) is 92.4 Å². The van der Waals surface area contributed by atoms with Gasteiger partial charge in [-0.2, -0.15) is 0 Å². The highest BCUT2D eigenvalue weighted by Crippen LogP contribution is 2.20. The predicted octanol–water partition coefficient (Wildman–Crippen LogP) is 2.44. The van der Waals surface area contributed by atoms with Gasteiger partial charge in [0.2, 0.25) is 5.91 Å². The minimum atomic E-state index is -0.145. The van der Waals surface area contributed by atoms with Crippen LogP contribution >= 0.6 is 0 Å². The number of nitrogens with zero attached hydrogens (tertiary/aromatic N) is 5. The monoisotopic (exact) mass is 405 g/mol. The summed E-state index contributed by atoms with van der Waals surface area (Å²) in [5, 5.41) is 0. The molecule has 8 nitrogen and oxygen atoms in total. The van der Waals surface area contributed by atoms with E-state index in [1.165, 1.54) is 18.6 Å². The molecule has 1 aliphatic heterocycles. The van der Waals surface area contributed by atoms with Gasteiger partial charge >= 0.3 is 0 Å². The minimum absolute atomic E-state index is 0.0939. The Labute approximate surface area is 174 Å². The molecule has 1 aromatic carbocycles. The molecule has 0 unspecified atom stereocenters. The maximum absolute atomic E-state index is 12.5. The van der Waals surface area contributed by atoms with Gasteiger partial charge in [-0.15, -0.1) is 0 Å². The van der Waals surface area contributed by atoms with E-state index in [4.69, 9.17) is 4.42 Å². The molecule has 8 heteroatoms. The summed E-state index contributed by atoms with van der Waals surface area (Å²) >= 11 is 0. The van der Waals surface area contributed by atoms with Crippen molar-refractivity contribution < 1.29 is 14.0 Å². The summed E-state index contributed by atoms with van der Waals surface area (Å²) in [7, 11) is 0. The zero-order valence-electron chi connectivity index (χ0n) is 16.6. The molecule has 0 atom stereocenters. The lowest BCUT2D eigenvalue weighted by Gasteiger charge is -2.34. The summed E-state index contributed by atoms with van der Waals surface area (Å²) in [5.41, 5.74) is 1.32. The Balaban J connectivity index is 1.21. The second-order valence-electron chi connectivity index (χ2n) is 7.10. The first kappa shape index (κ1) is 19.8. The number of oxazole rings is 1. The van der Waals surface area contributed by atoms with Crippen LogP contribution in [0.5, 0.6) is 0 Å². The van der Waals surface area contributed by atoms with E-state index < -0.39 is 0 Å². The molecule has 0 radical (unpaired) electrons. The molecule has 30 heavy (non-hydrogen) atoms. The molecule has 0 bridgehead atoms. The maximum Gasteiger partial charge on any atom is 0.274 e. The zero-order chi connectivity index (χ0) is 20.8. The van der Waals surface area contributed by atoms with Crippen LogP contribution in [0.25, 0.3) is 11.3 Å². The summed E-state index contributed by atoms with van der Waals surface area (Å²) in [6.07, 6.45) is 7.94. The molecule has 1 saturated heterocycles. The number of hydrogen-bond donors (Lipinski definition) is 0. The fourth-order valence-corrected chi connectivity index (χ4v) is 3.44. The second-order valence-corrected chi connectivity index (χ2v) is 7.10. The van der Waals surface area contributed by atoms with E-state index in [0.29, 0.717) is 57.0 Å². The lowest BCUT2D eigenvalue weighted by Crippen LogP contribution is -2.50. The summed E-state index contributed by atoms with van der Waals surface area (Å²) in [6.45, 7) is 2.06. The molecule has 0 aliphatic carbocycles. The third-order valence-corrected chi connectivity index (χ3v) is 5.10. The Kier molecular flexibility index (Phi) is 6.12. The summed E-state index contributed by atoms with van der Waals surface area (Å²) in [6, 6.07) is 9.82. The minimum Gasteiger partial charge on any atom is -0.441 e.